The van der Waals surface area contributed by atoms with Crippen LogP contribution in [0.25, 0.3) is 0 Å². The number of nitrogens with zero attached hydrogens (tertiary/aromatic N) is 1. The summed E-state index contributed by atoms with van der Waals surface area (Å²) in [7, 11) is 2.06. The third kappa shape index (κ3) is 2.03. The Kier molecular flexibility index (Phi) is 3.03. The van der Waals surface area contributed by atoms with Crippen molar-refractivity contribution in [3.63, 3.8) is 0 Å². The van der Waals surface area contributed by atoms with E-state index in [1.165, 1.54) is 0 Å². The monoisotopic (exact) mass is 208 g/mol. The highest BCUT2D eigenvalue weighted by Crippen LogP contribution is 2.21. The Morgan fingerprint density at radius 3 is 3.07 bits per heavy atom. The second-order valence-corrected chi connectivity index (χ2v) is 4.20. The molecule has 0 fully saturated rings. The van der Waals surface area contributed by atoms with Gasteiger partial charge in [0.25, 0.3) is 0 Å². The SMILES string of the molecule is CN1CCc2c(F)cccc2CC1CN. The molecule has 1 unspecified atom stereocenters. The molecular weight excluding hydrogens is 191 g/mol. The van der Waals surface area contributed by atoms with Gasteiger partial charge in [-0.25, -0.2) is 4.39 Å². The molecule has 82 valence electrons. The number of hydrogen-bond acceptors (Lipinski definition) is 2. The van der Waals surface area contributed by atoms with Crippen LogP contribution in [0.4, 0.5) is 4.39 Å². The predicted octanol–water partition coefficient (Wildman–Crippen LogP) is 1.18. The minimum atomic E-state index is -0.0708. The van der Waals surface area contributed by atoms with Crippen LogP contribution in [0.1, 0.15) is 11.1 Å². The number of rotatable bonds is 1. The van der Waals surface area contributed by atoms with Crippen molar-refractivity contribution in [3.05, 3.63) is 35.1 Å². The number of nitrogens with two attached hydrogens (primary N) is 1. The molecule has 2 N–H and O–H groups in total. The summed E-state index contributed by atoms with van der Waals surface area (Å²) in [6.07, 6.45) is 1.65. The Hall–Kier alpha value is -0.930. The Bertz CT molecular complexity index is 351. The summed E-state index contributed by atoms with van der Waals surface area (Å²) in [5.41, 5.74) is 7.72. The zero-order chi connectivity index (χ0) is 10.8. The zero-order valence-electron chi connectivity index (χ0n) is 9.04. The first-order chi connectivity index (χ1) is 7.22. The number of fused-ring (bicyclic) bond motifs is 1. The van der Waals surface area contributed by atoms with Crippen LogP contribution in [0.2, 0.25) is 0 Å². The minimum absolute atomic E-state index is 0.0708. The summed E-state index contributed by atoms with van der Waals surface area (Å²) in [6, 6.07) is 5.68. The van der Waals surface area contributed by atoms with Gasteiger partial charge in [0, 0.05) is 19.1 Å². The molecule has 2 nitrogen and oxygen atoms in total. The van der Waals surface area contributed by atoms with Crippen molar-refractivity contribution in [2.24, 2.45) is 5.73 Å². The standard InChI is InChI=1S/C12H17FN2/c1-15-6-5-11-9(7-10(15)8-14)3-2-4-12(11)13/h2-4,10H,5-8,14H2,1H3. The Balaban J connectivity index is 2.34. The van der Waals surface area contributed by atoms with Crippen LogP contribution >= 0.6 is 0 Å². The van der Waals surface area contributed by atoms with Crippen molar-refractivity contribution in [1.82, 2.24) is 4.90 Å². The fourth-order valence-corrected chi connectivity index (χ4v) is 2.22. The normalized spacial score (nSPS) is 22.2. The molecule has 0 saturated carbocycles. The average Bonchev–Trinajstić information content (AvgIpc) is 2.39. The van der Waals surface area contributed by atoms with Crippen LogP contribution in [0.3, 0.4) is 0 Å². The molecule has 0 radical (unpaired) electrons. The molecule has 1 atom stereocenters. The van der Waals surface area contributed by atoms with Gasteiger partial charge in [-0.15, -0.1) is 0 Å². The van der Waals surface area contributed by atoms with E-state index in [2.05, 4.69) is 11.9 Å². The summed E-state index contributed by atoms with van der Waals surface area (Å²) in [6.45, 7) is 1.52. The topological polar surface area (TPSA) is 29.3 Å². The fourth-order valence-electron chi connectivity index (χ4n) is 2.22. The zero-order valence-corrected chi connectivity index (χ0v) is 9.04. The number of likely N-dealkylation sites (N-methyl/N-ethyl adjacent to an activating group) is 1. The lowest BCUT2D eigenvalue weighted by Crippen LogP contribution is -2.39. The lowest BCUT2D eigenvalue weighted by atomic mass is 10.00. The molecule has 1 aliphatic heterocycles. The van der Waals surface area contributed by atoms with Gasteiger partial charge in [-0.1, -0.05) is 12.1 Å². The minimum Gasteiger partial charge on any atom is -0.329 e. The number of halogens is 1. The maximum atomic E-state index is 13.6. The van der Waals surface area contributed by atoms with Crippen molar-refractivity contribution in [2.45, 2.75) is 18.9 Å². The third-order valence-electron chi connectivity index (χ3n) is 3.28. The molecule has 0 aromatic heterocycles. The largest absolute Gasteiger partial charge is 0.329 e. The Morgan fingerprint density at radius 2 is 2.33 bits per heavy atom. The number of benzene rings is 1. The van der Waals surface area contributed by atoms with E-state index < -0.39 is 0 Å². The van der Waals surface area contributed by atoms with Crippen LogP contribution in [-0.2, 0) is 12.8 Å². The van der Waals surface area contributed by atoms with Crippen molar-refractivity contribution in [1.29, 1.82) is 0 Å². The molecule has 1 heterocycles. The van der Waals surface area contributed by atoms with E-state index in [-0.39, 0.29) is 5.82 Å². The molecule has 0 amide bonds. The van der Waals surface area contributed by atoms with Crippen LogP contribution in [0, 0.1) is 5.82 Å². The van der Waals surface area contributed by atoms with Gasteiger partial charge in [-0.3, -0.25) is 0 Å². The maximum Gasteiger partial charge on any atom is 0.126 e. The van der Waals surface area contributed by atoms with Crippen molar-refractivity contribution < 1.29 is 4.39 Å². The van der Waals surface area contributed by atoms with E-state index in [9.17, 15) is 4.39 Å². The van der Waals surface area contributed by atoms with E-state index in [0.717, 1.165) is 30.5 Å². The molecule has 1 aromatic carbocycles. The van der Waals surface area contributed by atoms with Crippen LogP contribution in [0.15, 0.2) is 18.2 Å². The molecule has 3 heteroatoms. The first kappa shape index (κ1) is 10.6. The third-order valence-corrected chi connectivity index (χ3v) is 3.28. The van der Waals surface area contributed by atoms with E-state index in [0.29, 0.717) is 12.6 Å². The van der Waals surface area contributed by atoms with Gasteiger partial charge in [0.1, 0.15) is 5.82 Å². The molecule has 1 aromatic rings. The fraction of sp³-hybridized carbons (Fsp3) is 0.500. The van der Waals surface area contributed by atoms with E-state index >= 15 is 0 Å². The van der Waals surface area contributed by atoms with E-state index in [1.807, 2.05) is 6.07 Å². The second kappa shape index (κ2) is 4.29. The summed E-state index contributed by atoms with van der Waals surface area (Å²) < 4.78 is 13.6. The van der Waals surface area contributed by atoms with Gasteiger partial charge in [-0.2, -0.15) is 0 Å². The highest BCUT2D eigenvalue weighted by Gasteiger charge is 2.21. The quantitative estimate of drug-likeness (QED) is 0.751. The predicted molar refractivity (Wildman–Crippen MR) is 59.3 cm³/mol. The van der Waals surface area contributed by atoms with Gasteiger partial charge >= 0.3 is 0 Å². The molecule has 0 bridgehead atoms. The molecule has 0 spiro atoms. The average molecular weight is 208 g/mol. The van der Waals surface area contributed by atoms with Gasteiger partial charge in [0.05, 0.1) is 0 Å². The lowest BCUT2D eigenvalue weighted by Gasteiger charge is -2.23. The summed E-state index contributed by atoms with van der Waals surface area (Å²) in [5, 5.41) is 0. The molecule has 15 heavy (non-hydrogen) atoms. The van der Waals surface area contributed by atoms with Crippen LogP contribution in [-0.4, -0.2) is 31.1 Å². The van der Waals surface area contributed by atoms with Gasteiger partial charge in [0.15, 0.2) is 0 Å². The number of hydrogen-bond donors (Lipinski definition) is 1. The smallest absolute Gasteiger partial charge is 0.126 e. The second-order valence-electron chi connectivity index (χ2n) is 4.20. The highest BCUT2D eigenvalue weighted by atomic mass is 19.1. The van der Waals surface area contributed by atoms with Crippen molar-refractivity contribution in [2.75, 3.05) is 20.1 Å². The Morgan fingerprint density at radius 1 is 1.53 bits per heavy atom. The lowest BCUT2D eigenvalue weighted by molar-refractivity contribution is 0.256. The summed E-state index contributed by atoms with van der Waals surface area (Å²) in [4.78, 5) is 2.22. The van der Waals surface area contributed by atoms with Gasteiger partial charge in [-0.05, 0) is 37.1 Å². The Labute approximate surface area is 89.9 Å². The maximum absolute atomic E-state index is 13.6. The van der Waals surface area contributed by atoms with Gasteiger partial charge in [0.2, 0.25) is 0 Å². The van der Waals surface area contributed by atoms with Crippen molar-refractivity contribution in [3.8, 4) is 0 Å². The van der Waals surface area contributed by atoms with Crippen LogP contribution in [0.5, 0.6) is 0 Å². The molecule has 0 aliphatic carbocycles. The molecule has 0 saturated heterocycles. The molecular formula is C12H17FN2. The first-order valence-electron chi connectivity index (χ1n) is 5.39. The molecule has 1 aliphatic rings. The first-order valence-corrected chi connectivity index (χ1v) is 5.39. The highest BCUT2D eigenvalue weighted by molar-refractivity contribution is 5.31. The molecule has 2 rings (SSSR count). The summed E-state index contributed by atoms with van der Waals surface area (Å²) in [5.74, 6) is -0.0708. The summed E-state index contributed by atoms with van der Waals surface area (Å²) >= 11 is 0. The van der Waals surface area contributed by atoms with E-state index in [1.54, 1.807) is 12.1 Å². The van der Waals surface area contributed by atoms with Crippen LogP contribution < -0.4 is 5.73 Å². The van der Waals surface area contributed by atoms with Crippen molar-refractivity contribution >= 4 is 0 Å². The van der Waals surface area contributed by atoms with Gasteiger partial charge < -0.3 is 10.6 Å². The van der Waals surface area contributed by atoms with E-state index in [4.69, 9.17) is 5.73 Å².